The molecule has 0 unspecified atom stereocenters. The Morgan fingerprint density at radius 1 is 1.29 bits per heavy atom. The first-order chi connectivity index (χ1) is 13.3. The third-order valence-corrected chi connectivity index (χ3v) is 5.46. The molecule has 152 valence electrons. The standard InChI is InChI=1S/C18H20BrF2N3O4/c19-12-4-5-13(28-16(20)21)11(8-12)9-22-14(25)10-24-15(26)18(23-17(24)27)6-2-1-3-7-18/h4-5,8,16H,1-3,6-7,9-10H2,(H,22,25)(H,23,27). The van der Waals surface area contributed by atoms with E-state index in [1.54, 1.807) is 12.1 Å². The van der Waals surface area contributed by atoms with Gasteiger partial charge in [-0.15, -0.1) is 0 Å². The van der Waals surface area contributed by atoms with Crippen LogP contribution in [0.15, 0.2) is 22.7 Å². The van der Waals surface area contributed by atoms with E-state index in [1.807, 2.05) is 0 Å². The molecule has 1 saturated heterocycles. The maximum absolute atomic E-state index is 12.7. The van der Waals surface area contributed by atoms with Gasteiger partial charge < -0.3 is 15.4 Å². The summed E-state index contributed by atoms with van der Waals surface area (Å²) in [4.78, 5) is 38.1. The van der Waals surface area contributed by atoms with Crippen LogP contribution >= 0.6 is 15.9 Å². The van der Waals surface area contributed by atoms with Gasteiger partial charge >= 0.3 is 12.6 Å². The fourth-order valence-corrected chi connectivity index (χ4v) is 4.01. The third-order valence-electron chi connectivity index (χ3n) is 4.97. The van der Waals surface area contributed by atoms with Gasteiger partial charge in [0.25, 0.3) is 5.91 Å². The molecule has 28 heavy (non-hydrogen) atoms. The van der Waals surface area contributed by atoms with E-state index >= 15 is 0 Å². The van der Waals surface area contributed by atoms with Crippen molar-refractivity contribution in [2.45, 2.75) is 50.8 Å². The number of nitrogens with zero attached hydrogens (tertiary/aromatic N) is 1. The summed E-state index contributed by atoms with van der Waals surface area (Å²) in [7, 11) is 0. The first-order valence-corrected chi connectivity index (χ1v) is 9.74. The highest BCUT2D eigenvalue weighted by molar-refractivity contribution is 9.10. The van der Waals surface area contributed by atoms with Crippen LogP contribution in [0.2, 0.25) is 0 Å². The highest BCUT2D eigenvalue weighted by Gasteiger charge is 2.51. The van der Waals surface area contributed by atoms with Crippen LogP contribution in [0.4, 0.5) is 13.6 Å². The molecule has 1 aromatic rings. The SMILES string of the molecule is O=C(CN1C(=O)NC2(CCCCC2)C1=O)NCc1cc(Br)ccc1OC(F)F. The first kappa shape index (κ1) is 20.5. The number of ether oxygens (including phenoxy) is 1. The molecular weight excluding hydrogens is 440 g/mol. The Morgan fingerprint density at radius 3 is 2.68 bits per heavy atom. The van der Waals surface area contributed by atoms with Crippen molar-refractivity contribution in [2.75, 3.05) is 6.54 Å². The smallest absolute Gasteiger partial charge is 0.387 e. The molecule has 1 heterocycles. The summed E-state index contributed by atoms with van der Waals surface area (Å²) in [5.74, 6) is -1.01. The molecule has 2 N–H and O–H groups in total. The van der Waals surface area contributed by atoms with Gasteiger partial charge in [0.1, 0.15) is 17.8 Å². The Morgan fingerprint density at radius 2 is 2.00 bits per heavy atom. The molecule has 1 aliphatic carbocycles. The van der Waals surface area contributed by atoms with Crippen LogP contribution in [-0.4, -0.2) is 41.4 Å². The molecule has 10 heteroatoms. The zero-order chi connectivity index (χ0) is 20.3. The number of urea groups is 1. The first-order valence-electron chi connectivity index (χ1n) is 8.95. The number of halogens is 3. The molecule has 3 rings (SSSR count). The van der Waals surface area contributed by atoms with Crippen molar-refractivity contribution in [3.63, 3.8) is 0 Å². The summed E-state index contributed by atoms with van der Waals surface area (Å²) in [6.45, 7) is -3.51. The lowest BCUT2D eigenvalue weighted by atomic mass is 9.82. The molecule has 1 saturated carbocycles. The van der Waals surface area contributed by atoms with Gasteiger partial charge in [-0.05, 0) is 31.0 Å². The van der Waals surface area contributed by atoms with Crippen LogP contribution in [0.3, 0.4) is 0 Å². The summed E-state index contributed by atoms with van der Waals surface area (Å²) in [6.07, 6.45) is 3.86. The molecule has 2 aliphatic rings. The largest absolute Gasteiger partial charge is 0.434 e. The maximum atomic E-state index is 12.7. The van der Waals surface area contributed by atoms with Crippen LogP contribution in [0, 0.1) is 0 Å². The second-order valence-electron chi connectivity index (χ2n) is 6.87. The highest BCUT2D eigenvalue weighted by Crippen LogP contribution is 2.33. The zero-order valence-electron chi connectivity index (χ0n) is 15.0. The fraction of sp³-hybridized carbons (Fsp3) is 0.500. The molecule has 0 radical (unpaired) electrons. The normalized spacial score (nSPS) is 18.5. The van der Waals surface area contributed by atoms with Gasteiger partial charge in [0, 0.05) is 16.6 Å². The quantitative estimate of drug-likeness (QED) is 0.640. The predicted octanol–water partition coefficient (Wildman–Crippen LogP) is 2.92. The molecule has 1 aliphatic heterocycles. The van der Waals surface area contributed by atoms with E-state index in [1.165, 1.54) is 6.07 Å². The highest BCUT2D eigenvalue weighted by atomic mass is 79.9. The monoisotopic (exact) mass is 459 g/mol. The minimum atomic E-state index is -2.99. The Kier molecular flexibility index (Phi) is 6.17. The van der Waals surface area contributed by atoms with Gasteiger partial charge in [-0.2, -0.15) is 8.78 Å². The van der Waals surface area contributed by atoms with Crippen molar-refractivity contribution in [3.05, 3.63) is 28.2 Å². The van der Waals surface area contributed by atoms with Crippen LogP contribution < -0.4 is 15.4 Å². The number of alkyl halides is 2. The van der Waals surface area contributed by atoms with E-state index in [-0.39, 0.29) is 18.2 Å². The summed E-state index contributed by atoms with van der Waals surface area (Å²) in [6, 6.07) is 3.87. The number of hydrogen-bond acceptors (Lipinski definition) is 4. The number of amides is 4. The lowest BCUT2D eigenvalue weighted by Crippen LogP contribution is -2.49. The lowest BCUT2D eigenvalue weighted by Gasteiger charge is -2.30. The number of hydrogen-bond donors (Lipinski definition) is 2. The van der Waals surface area contributed by atoms with E-state index in [0.29, 0.717) is 22.9 Å². The Hall–Kier alpha value is -2.23. The van der Waals surface area contributed by atoms with Crippen molar-refractivity contribution >= 4 is 33.8 Å². The Labute approximate surface area is 168 Å². The lowest BCUT2D eigenvalue weighted by molar-refractivity contribution is -0.135. The third kappa shape index (κ3) is 4.43. The van der Waals surface area contributed by atoms with Crippen molar-refractivity contribution in [1.29, 1.82) is 0 Å². The van der Waals surface area contributed by atoms with Crippen LogP contribution in [0.25, 0.3) is 0 Å². The van der Waals surface area contributed by atoms with Gasteiger partial charge in [0.05, 0.1) is 0 Å². The van der Waals surface area contributed by atoms with Crippen LogP contribution in [0.5, 0.6) is 5.75 Å². The molecule has 7 nitrogen and oxygen atoms in total. The fourth-order valence-electron chi connectivity index (χ4n) is 3.60. The van der Waals surface area contributed by atoms with Gasteiger partial charge in [-0.25, -0.2) is 4.79 Å². The van der Waals surface area contributed by atoms with Crippen molar-refractivity contribution < 1.29 is 27.9 Å². The van der Waals surface area contributed by atoms with Gasteiger partial charge in [-0.3, -0.25) is 14.5 Å². The minimum absolute atomic E-state index is 0.0605. The van der Waals surface area contributed by atoms with Crippen molar-refractivity contribution in [2.24, 2.45) is 0 Å². The van der Waals surface area contributed by atoms with Crippen LogP contribution in [-0.2, 0) is 16.1 Å². The number of carbonyl (C=O) groups excluding carboxylic acids is 3. The topological polar surface area (TPSA) is 87.7 Å². The molecule has 0 aromatic heterocycles. The Balaban J connectivity index is 1.61. The predicted molar refractivity (Wildman–Crippen MR) is 98.7 cm³/mol. The van der Waals surface area contributed by atoms with Gasteiger partial charge in [-0.1, -0.05) is 35.2 Å². The summed E-state index contributed by atoms with van der Waals surface area (Å²) in [5, 5.41) is 5.27. The van der Waals surface area contributed by atoms with Crippen LogP contribution in [0.1, 0.15) is 37.7 Å². The van der Waals surface area contributed by atoms with E-state index in [4.69, 9.17) is 0 Å². The van der Waals surface area contributed by atoms with E-state index in [2.05, 4.69) is 31.3 Å². The number of nitrogens with one attached hydrogen (secondary N) is 2. The van der Waals surface area contributed by atoms with E-state index in [9.17, 15) is 23.2 Å². The molecule has 1 aromatic carbocycles. The van der Waals surface area contributed by atoms with Crippen molar-refractivity contribution in [1.82, 2.24) is 15.5 Å². The summed E-state index contributed by atoms with van der Waals surface area (Å²) >= 11 is 3.24. The summed E-state index contributed by atoms with van der Waals surface area (Å²) in [5.41, 5.74) is -0.554. The van der Waals surface area contributed by atoms with E-state index in [0.717, 1.165) is 24.2 Å². The minimum Gasteiger partial charge on any atom is -0.434 e. The van der Waals surface area contributed by atoms with E-state index < -0.39 is 30.6 Å². The number of rotatable bonds is 6. The van der Waals surface area contributed by atoms with Gasteiger partial charge in [0.2, 0.25) is 5.91 Å². The average Bonchev–Trinajstić information content (AvgIpc) is 2.86. The molecule has 2 fully saturated rings. The number of benzene rings is 1. The number of imide groups is 1. The second-order valence-corrected chi connectivity index (χ2v) is 7.79. The Bertz CT molecular complexity index is 784. The second kappa shape index (κ2) is 8.42. The zero-order valence-corrected chi connectivity index (χ0v) is 16.6. The average molecular weight is 460 g/mol. The maximum Gasteiger partial charge on any atom is 0.387 e. The molecule has 0 atom stereocenters. The molecule has 0 bridgehead atoms. The molecular formula is C18H20BrF2N3O4. The molecule has 1 spiro atoms. The van der Waals surface area contributed by atoms with Gasteiger partial charge in [0.15, 0.2) is 0 Å². The summed E-state index contributed by atoms with van der Waals surface area (Å²) < 4.78 is 30.1. The molecule has 4 amide bonds. The number of carbonyl (C=O) groups is 3. The van der Waals surface area contributed by atoms with Crippen molar-refractivity contribution in [3.8, 4) is 5.75 Å².